The molecule has 14 heteroatoms. The molecule has 1 aliphatic heterocycles. The molecule has 0 bridgehead atoms. The summed E-state index contributed by atoms with van der Waals surface area (Å²) in [5.41, 5.74) is 3.21. The third kappa shape index (κ3) is 13.8. The normalized spacial score (nSPS) is 18.7. The zero-order valence-electron chi connectivity index (χ0n) is 39.9. The Morgan fingerprint density at radius 1 is 0.968 bits per heavy atom. The number of aliphatic hydroxyl groups is 1. The molecular weight excluding hydrogens is 815 g/mol. The highest BCUT2D eigenvalue weighted by Crippen LogP contribution is 2.31. The minimum Gasteiger partial charge on any atom is -0.388 e. The Kier molecular flexibility index (Phi) is 20.5. The predicted molar refractivity (Wildman–Crippen MR) is 253 cm³/mol. The fourth-order valence-electron chi connectivity index (χ4n) is 9.39. The molecule has 1 fully saturated rings. The van der Waals surface area contributed by atoms with Crippen molar-refractivity contribution in [1.82, 2.24) is 30.3 Å². The molecule has 0 saturated carbocycles. The molecule has 0 radical (unpaired) electrons. The highest BCUT2D eigenvalue weighted by atomic mass is 32.1. The van der Waals surface area contributed by atoms with Gasteiger partial charge in [-0.3, -0.25) is 24.6 Å². The van der Waals surface area contributed by atoms with Crippen LogP contribution in [-0.4, -0.2) is 127 Å². The van der Waals surface area contributed by atoms with Gasteiger partial charge in [-0.05, 0) is 67.3 Å². The van der Waals surface area contributed by atoms with E-state index in [1.165, 1.54) is 0 Å². The van der Waals surface area contributed by atoms with Crippen molar-refractivity contribution in [2.75, 3.05) is 47.2 Å². The number of nitrogens with one attached hydrogen (secondary N) is 3. The molecule has 0 spiro atoms. The van der Waals surface area contributed by atoms with Gasteiger partial charge in [0.15, 0.2) is 0 Å². The van der Waals surface area contributed by atoms with Gasteiger partial charge in [0.2, 0.25) is 17.7 Å². The number of ether oxygens (including phenoxy) is 2. The number of rotatable bonds is 25. The zero-order chi connectivity index (χ0) is 46.4. The van der Waals surface area contributed by atoms with E-state index in [-0.39, 0.29) is 59.9 Å². The van der Waals surface area contributed by atoms with Gasteiger partial charge >= 0.3 is 0 Å². The molecule has 10 atom stereocenters. The number of nitrogens with zero attached hydrogens (tertiary/aromatic N) is 4. The van der Waals surface area contributed by atoms with Gasteiger partial charge < -0.3 is 35.0 Å². The van der Waals surface area contributed by atoms with Gasteiger partial charge in [0.05, 0.1) is 42.8 Å². The van der Waals surface area contributed by atoms with Gasteiger partial charge in [0, 0.05) is 64.6 Å². The quantitative estimate of drug-likeness (QED) is 0.0687. The van der Waals surface area contributed by atoms with Crippen LogP contribution in [0.2, 0.25) is 0 Å². The van der Waals surface area contributed by atoms with E-state index in [9.17, 15) is 19.5 Å². The van der Waals surface area contributed by atoms with Crippen LogP contribution in [0.3, 0.4) is 0 Å². The summed E-state index contributed by atoms with van der Waals surface area (Å²) < 4.78 is 12.3. The summed E-state index contributed by atoms with van der Waals surface area (Å²) in [5.74, 6) is -1.12. The highest BCUT2D eigenvalue weighted by Gasteiger charge is 2.43. The third-order valence-electron chi connectivity index (χ3n) is 13.0. The van der Waals surface area contributed by atoms with Crippen molar-refractivity contribution in [2.24, 2.45) is 23.7 Å². The average Bonchev–Trinajstić information content (AvgIpc) is 3.99. The minimum absolute atomic E-state index is 0.0189. The van der Waals surface area contributed by atoms with Gasteiger partial charge in [-0.1, -0.05) is 97.4 Å². The molecule has 0 aliphatic carbocycles. The predicted octanol–water partition coefficient (Wildman–Crippen LogP) is 6.59. The number of carbonyl (C=O) groups excluding carboxylic acids is 3. The van der Waals surface area contributed by atoms with Crippen LogP contribution in [0.4, 0.5) is 5.69 Å². The van der Waals surface area contributed by atoms with Crippen molar-refractivity contribution in [1.29, 1.82) is 0 Å². The van der Waals surface area contributed by atoms with Crippen molar-refractivity contribution < 1.29 is 29.0 Å². The molecule has 1 unspecified atom stereocenters. The number of aromatic nitrogens is 1. The van der Waals surface area contributed by atoms with E-state index in [1.807, 2.05) is 100 Å². The second-order valence-corrected chi connectivity index (χ2v) is 19.1. The Morgan fingerprint density at radius 3 is 2.25 bits per heavy atom. The first-order valence-corrected chi connectivity index (χ1v) is 23.7. The molecule has 3 aromatic rings. The van der Waals surface area contributed by atoms with E-state index in [0.29, 0.717) is 19.5 Å². The monoisotopic (exact) mass is 892 g/mol. The van der Waals surface area contributed by atoms with Crippen molar-refractivity contribution in [3.8, 4) is 0 Å². The smallest absolute Gasteiger partial charge is 0.245 e. The first-order chi connectivity index (χ1) is 30.1. The molecule has 2 aromatic carbocycles. The maximum Gasteiger partial charge on any atom is 0.245 e. The number of thiazole rings is 1. The van der Waals surface area contributed by atoms with E-state index in [1.54, 1.807) is 43.7 Å². The van der Waals surface area contributed by atoms with Crippen LogP contribution in [0.5, 0.6) is 0 Å². The fourth-order valence-corrected chi connectivity index (χ4v) is 10.1. The lowest BCUT2D eigenvalue weighted by Gasteiger charge is -2.41. The van der Waals surface area contributed by atoms with Gasteiger partial charge in [-0.2, -0.15) is 0 Å². The number of likely N-dealkylation sites (N-methyl/N-ethyl adjacent to an activating group) is 2. The Bertz CT molecular complexity index is 1830. The third-order valence-corrected chi connectivity index (χ3v) is 13.9. The number of anilines is 1. The van der Waals surface area contributed by atoms with E-state index in [4.69, 9.17) is 9.47 Å². The van der Waals surface area contributed by atoms with Crippen LogP contribution in [0.15, 0.2) is 66.2 Å². The lowest BCUT2D eigenvalue weighted by Crippen LogP contribution is -2.60. The van der Waals surface area contributed by atoms with Crippen LogP contribution in [0.25, 0.3) is 0 Å². The number of benzene rings is 2. The maximum absolute atomic E-state index is 14.6. The largest absolute Gasteiger partial charge is 0.388 e. The molecule has 4 N–H and O–H groups in total. The summed E-state index contributed by atoms with van der Waals surface area (Å²) in [5, 5.41) is 24.3. The van der Waals surface area contributed by atoms with Crippen LogP contribution in [-0.2, 0) is 36.8 Å². The SMILES string of the molecule is CC[C@H](C)[C@@H]([C@@H](CC(=O)N1CCC[C@H]1[C@H](OC)[C@@H](C)C(O)N[C@@H](Cc1ccccc1)c1nccs1)OC)N(C)C(=O)[C@@H](NC(=O)[C@H](C(C)C)N(C)Cc1cccc(NC)c1)C(C)C. The molecular formula is C49H77N7O6S. The summed E-state index contributed by atoms with van der Waals surface area (Å²) >= 11 is 1.55. The lowest BCUT2D eigenvalue weighted by molar-refractivity contribution is -0.148. The number of amides is 3. The second kappa shape index (κ2) is 25.0. The summed E-state index contributed by atoms with van der Waals surface area (Å²) in [4.78, 5) is 53.5. The number of hydrogen-bond donors (Lipinski definition) is 4. The number of likely N-dealkylation sites (tertiary alicyclic amines) is 1. The van der Waals surface area contributed by atoms with Crippen molar-refractivity contribution in [3.05, 3.63) is 82.3 Å². The zero-order valence-corrected chi connectivity index (χ0v) is 40.7. The van der Waals surface area contributed by atoms with Crippen LogP contribution in [0, 0.1) is 23.7 Å². The van der Waals surface area contributed by atoms with Crippen LogP contribution < -0.4 is 16.0 Å². The lowest BCUT2D eigenvalue weighted by atomic mass is 9.89. The van der Waals surface area contributed by atoms with E-state index < -0.39 is 36.6 Å². The van der Waals surface area contributed by atoms with Gasteiger partial charge in [0.1, 0.15) is 17.3 Å². The highest BCUT2D eigenvalue weighted by molar-refractivity contribution is 7.09. The minimum atomic E-state index is -0.938. The van der Waals surface area contributed by atoms with E-state index in [2.05, 4.69) is 53.0 Å². The average molecular weight is 892 g/mol. The number of methoxy groups -OCH3 is 2. The van der Waals surface area contributed by atoms with Crippen LogP contribution >= 0.6 is 11.3 Å². The maximum atomic E-state index is 14.6. The number of carbonyl (C=O) groups is 3. The first-order valence-electron chi connectivity index (χ1n) is 22.8. The Morgan fingerprint density at radius 2 is 1.67 bits per heavy atom. The van der Waals surface area contributed by atoms with Gasteiger partial charge in [-0.15, -0.1) is 11.3 Å². The summed E-state index contributed by atoms with van der Waals surface area (Å²) in [6, 6.07) is 16.1. The van der Waals surface area contributed by atoms with Gasteiger partial charge in [-0.25, -0.2) is 4.98 Å². The van der Waals surface area contributed by atoms with Crippen molar-refractivity contribution in [2.45, 2.75) is 136 Å². The summed E-state index contributed by atoms with van der Waals surface area (Å²) in [7, 11) is 8.84. The van der Waals surface area contributed by atoms with E-state index >= 15 is 0 Å². The second-order valence-electron chi connectivity index (χ2n) is 18.2. The number of aliphatic hydroxyl groups excluding tert-OH is 1. The molecule has 1 aliphatic rings. The van der Waals surface area contributed by atoms with Crippen molar-refractivity contribution in [3.63, 3.8) is 0 Å². The van der Waals surface area contributed by atoms with Crippen molar-refractivity contribution >= 4 is 34.7 Å². The fraction of sp³-hybridized carbons (Fsp3) is 0.633. The molecule has 3 amide bonds. The standard InChI is InChI=1S/C49H77N7O6S/c1-13-33(6)44(55(10)49(60)42(31(2)3)53-47(59)43(32(4)5)54(9)30-36-21-17-22-37(27-36)50-8)40(61-11)29-41(57)56-25-18-23-39(56)45(62-12)34(7)46(58)52-38(48-51-24-26-63-48)28-35-19-15-14-16-20-35/h14-17,19-22,24,26-27,31-34,38-40,42-46,50,52,58H,13,18,23,25,28-30H2,1-12H3,(H,53,59)/t33-,34+,38-,39-,40+,42-,43-,44-,45+,46?/m0/s1. The molecule has 13 nitrogen and oxygen atoms in total. The number of hydrogen-bond acceptors (Lipinski definition) is 11. The molecule has 1 aromatic heterocycles. The van der Waals surface area contributed by atoms with E-state index in [0.717, 1.165) is 41.1 Å². The van der Waals surface area contributed by atoms with Crippen LogP contribution in [0.1, 0.15) is 96.3 Å². The Balaban J connectivity index is 1.48. The first kappa shape index (κ1) is 51.7. The molecule has 1 saturated heterocycles. The molecule has 63 heavy (non-hydrogen) atoms. The summed E-state index contributed by atoms with van der Waals surface area (Å²) in [6.45, 7) is 15.2. The topological polar surface area (TPSA) is 149 Å². The molecule has 4 rings (SSSR count). The van der Waals surface area contributed by atoms with Gasteiger partial charge in [0.25, 0.3) is 0 Å². The molecule has 2 heterocycles. The Labute approximate surface area is 381 Å². The molecule has 350 valence electrons. The Hall–Kier alpha value is -3.92. The summed E-state index contributed by atoms with van der Waals surface area (Å²) in [6.07, 6.45) is 2.77.